The SMILES string of the molecule is CN(C(=O)[C@@H](Cc1csc2ccccc12)NC(=O)C(C)(C)N)[C@H](Cc1csc2ccccc12)NC=O. The summed E-state index contributed by atoms with van der Waals surface area (Å²) in [5, 5.41) is 11.9. The summed E-state index contributed by atoms with van der Waals surface area (Å²) in [4.78, 5) is 39.6. The molecule has 0 saturated carbocycles. The number of nitrogens with two attached hydrogens (primary N) is 1. The van der Waals surface area contributed by atoms with Gasteiger partial charge in [-0.3, -0.25) is 14.4 Å². The lowest BCUT2D eigenvalue weighted by molar-refractivity contribution is -0.139. The highest BCUT2D eigenvalue weighted by molar-refractivity contribution is 7.17. The van der Waals surface area contributed by atoms with Crippen molar-refractivity contribution in [1.29, 1.82) is 0 Å². The van der Waals surface area contributed by atoms with Crippen LogP contribution < -0.4 is 16.4 Å². The molecule has 0 aliphatic heterocycles. The maximum atomic E-state index is 13.8. The van der Waals surface area contributed by atoms with Crippen molar-refractivity contribution in [3.05, 3.63) is 70.4 Å². The third-order valence-corrected chi connectivity index (χ3v) is 8.25. The fraction of sp³-hybridized carbons (Fsp3) is 0.296. The van der Waals surface area contributed by atoms with Crippen LogP contribution in [0, 0.1) is 0 Å². The summed E-state index contributed by atoms with van der Waals surface area (Å²) in [6.07, 6.45) is 0.767. The fourth-order valence-corrected chi connectivity index (χ4v) is 6.09. The van der Waals surface area contributed by atoms with Gasteiger partial charge in [0.15, 0.2) is 0 Å². The Labute approximate surface area is 218 Å². The average molecular weight is 523 g/mol. The van der Waals surface area contributed by atoms with E-state index in [4.69, 9.17) is 5.73 Å². The number of amides is 3. The summed E-state index contributed by atoms with van der Waals surface area (Å²) in [6.45, 7) is 3.21. The van der Waals surface area contributed by atoms with Crippen molar-refractivity contribution in [3.8, 4) is 0 Å². The van der Waals surface area contributed by atoms with Crippen LogP contribution in [0.5, 0.6) is 0 Å². The standard InChI is InChI=1S/C27H30N4O3S2/c1-27(2,28)26(34)30-21(12-17-14-35-22-10-6-4-8-19(17)22)25(33)31(3)24(29-16-32)13-18-15-36-23-11-7-5-9-20(18)23/h4-11,14-16,21,24H,12-13,28H2,1-3H3,(H,29,32)(H,30,34)/t21-,24-/m1/s1. The molecule has 0 saturated heterocycles. The van der Waals surface area contributed by atoms with Crippen molar-refractivity contribution >= 4 is 61.1 Å². The third kappa shape index (κ3) is 5.59. The van der Waals surface area contributed by atoms with Gasteiger partial charge in [0.1, 0.15) is 12.2 Å². The Bertz CT molecular complexity index is 1390. The molecular weight excluding hydrogens is 492 g/mol. The molecule has 4 N–H and O–H groups in total. The second-order valence-electron chi connectivity index (χ2n) is 9.42. The van der Waals surface area contributed by atoms with Crippen LogP contribution in [0.25, 0.3) is 20.2 Å². The highest BCUT2D eigenvalue weighted by Gasteiger charge is 2.32. The average Bonchev–Trinajstić information content (AvgIpc) is 3.46. The molecule has 4 rings (SSSR count). The molecular formula is C27H30N4O3S2. The van der Waals surface area contributed by atoms with Crippen LogP contribution in [-0.4, -0.2) is 47.9 Å². The summed E-state index contributed by atoms with van der Waals surface area (Å²) in [7, 11) is 1.65. The van der Waals surface area contributed by atoms with Crippen LogP contribution in [0.15, 0.2) is 59.3 Å². The number of nitrogens with zero attached hydrogens (tertiary/aromatic N) is 1. The number of benzene rings is 2. The van der Waals surface area contributed by atoms with Crippen molar-refractivity contribution in [2.45, 2.75) is 44.4 Å². The van der Waals surface area contributed by atoms with Gasteiger partial charge in [-0.2, -0.15) is 0 Å². The van der Waals surface area contributed by atoms with Crippen LogP contribution in [0.4, 0.5) is 0 Å². The Balaban J connectivity index is 1.61. The number of nitrogens with one attached hydrogen (secondary N) is 2. The van der Waals surface area contributed by atoms with Crippen molar-refractivity contribution in [2.75, 3.05) is 7.05 Å². The van der Waals surface area contributed by atoms with Gasteiger partial charge in [0.25, 0.3) is 0 Å². The van der Waals surface area contributed by atoms with E-state index in [1.807, 2.05) is 53.9 Å². The first-order valence-corrected chi connectivity index (χ1v) is 13.4. The van der Waals surface area contributed by atoms with Crippen LogP contribution in [0.3, 0.4) is 0 Å². The van der Waals surface area contributed by atoms with E-state index in [-0.39, 0.29) is 5.91 Å². The van der Waals surface area contributed by atoms with Gasteiger partial charge in [-0.15, -0.1) is 22.7 Å². The maximum Gasteiger partial charge on any atom is 0.246 e. The fourth-order valence-electron chi connectivity index (χ4n) is 4.14. The molecule has 0 bridgehead atoms. The molecule has 3 amide bonds. The Morgan fingerprint density at radius 3 is 2.03 bits per heavy atom. The molecule has 2 heterocycles. The number of rotatable bonds is 10. The second kappa shape index (κ2) is 10.8. The maximum absolute atomic E-state index is 13.8. The summed E-state index contributed by atoms with van der Waals surface area (Å²) >= 11 is 3.23. The van der Waals surface area contributed by atoms with E-state index in [2.05, 4.69) is 16.0 Å². The zero-order chi connectivity index (χ0) is 25.9. The molecule has 0 radical (unpaired) electrons. The number of thiophene rings is 2. The molecule has 4 aromatic rings. The van der Waals surface area contributed by atoms with Crippen LogP contribution in [0.2, 0.25) is 0 Å². The monoisotopic (exact) mass is 522 g/mol. The van der Waals surface area contributed by atoms with Gasteiger partial charge < -0.3 is 21.3 Å². The lowest BCUT2D eigenvalue weighted by Gasteiger charge is -2.32. The van der Waals surface area contributed by atoms with Crippen molar-refractivity contribution in [2.24, 2.45) is 5.73 Å². The molecule has 188 valence electrons. The third-order valence-electron chi connectivity index (χ3n) is 6.22. The molecule has 2 aromatic heterocycles. The molecule has 9 heteroatoms. The smallest absolute Gasteiger partial charge is 0.246 e. The minimum Gasteiger partial charge on any atom is -0.342 e. The van der Waals surface area contributed by atoms with Gasteiger partial charge in [-0.05, 0) is 58.6 Å². The lowest BCUT2D eigenvalue weighted by atomic mass is 10.0. The number of hydrogen-bond acceptors (Lipinski definition) is 6. The molecule has 0 aliphatic carbocycles. The van der Waals surface area contributed by atoms with E-state index >= 15 is 0 Å². The minimum absolute atomic E-state index is 0.304. The summed E-state index contributed by atoms with van der Waals surface area (Å²) < 4.78 is 2.26. The molecule has 2 aromatic carbocycles. The van der Waals surface area contributed by atoms with E-state index < -0.39 is 23.7 Å². The van der Waals surface area contributed by atoms with Gasteiger partial charge in [0.05, 0.1) is 5.54 Å². The molecule has 0 fully saturated rings. The zero-order valence-corrected chi connectivity index (χ0v) is 22.1. The minimum atomic E-state index is -1.15. The number of likely N-dealkylation sites (N-methyl/N-ethyl adjacent to an activating group) is 1. The van der Waals surface area contributed by atoms with Gasteiger partial charge in [-0.25, -0.2) is 0 Å². The number of carbonyl (C=O) groups excluding carboxylic acids is 3. The molecule has 0 aliphatic rings. The molecule has 0 unspecified atom stereocenters. The van der Waals surface area contributed by atoms with E-state index in [0.29, 0.717) is 19.3 Å². The van der Waals surface area contributed by atoms with Gasteiger partial charge in [0, 0.05) is 29.3 Å². The Morgan fingerprint density at radius 2 is 1.50 bits per heavy atom. The van der Waals surface area contributed by atoms with Gasteiger partial charge in [0.2, 0.25) is 18.2 Å². The number of hydrogen-bond donors (Lipinski definition) is 3. The first-order chi connectivity index (χ1) is 17.2. The van der Waals surface area contributed by atoms with E-state index in [1.165, 1.54) is 4.90 Å². The molecule has 0 spiro atoms. The zero-order valence-electron chi connectivity index (χ0n) is 20.5. The predicted molar refractivity (Wildman–Crippen MR) is 147 cm³/mol. The van der Waals surface area contributed by atoms with E-state index in [9.17, 15) is 14.4 Å². The molecule has 36 heavy (non-hydrogen) atoms. The van der Waals surface area contributed by atoms with Crippen molar-refractivity contribution in [1.82, 2.24) is 15.5 Å². The summed E-state index contributed by atoms with van der Waals surface area (Å²) in [6, 6.07) is 15.2. The van der Waals surface area contributed by atoms with Crippen LogP contribution in [0.1, 0.15) is 25.0 Å². The van der Waals surface area contributed by atoms with Crippen LogP contribution in [-0.2, 0) is 27.2 Å². The molecule has 2 atom stereocenters. The van der Waals surface area contributed by atoms with Crippen molar-refractivity contribution in [3.63, 3.8) is 0 Å². The topological polar surface area (TPSA) is 105 Å². The highest BCUT2D eigenvalue weighted by Crippen LogP contribution is 2.28. The molecule has 7 nitrogen and oxygen atoms in total. The van der Waals surface area contributed by atoms with E-state index in [1.54, 1.807) is 43.6 Å². The summed E-state index contributed by atoms with van der Waals surface area (Å²) in [5.41, 5.74) is 6.89. The summed E-state index contributed by atoms with van der Waals surface area (Å²) in [5.74, 6) is -0.723. The first kappa shape index (κ1) is 25.8. The highest BCUT2D eigenvalue weighted by atomic mass is 32.1. The Kier molecular flexibility index (Phi) is 7.73. The predicted octanol–water partition coefficient (Wildman–Crippen LogP) is 3.65. The second-order valence-corrected chi connectivity index (χ2v) is 11.2. The first-order valence-electron chi connectivity index (χ1n) is 11.7. The number of carbonyl (C=O) groups is 3. The largest absolute Gasteiger partial charge is 0.342 e. The van der Waals surface area contributed by atoms with Crippen LogP contribution >= 0.6 is 22.7 Å². The van der Waals surface area contributed by atoms with Gasteiger partial charge in [-0.1, -0.05) is 36.4 Å². The lowest BCUT2D eigenvalue weighted by Crippen LogP contribution is -2.59. The Morgan fingerprint density at radius 1 is 0.972 bits per heavy atom. The van der Waals surface area contributed by atoms with E-state index in [0.717, 1.165) is 31.3 Å². The normalized spacial score (nSPS) is 13.3. The van der Waals surface area contributed by atoms with Gasteiger partial charge >= 0.3 is 0 Å². The quantitative estimate of drug-likeness (QED) is 0.218. The number of fused-ring (bicyclic) bond motifs is 2. The Hall–Kier alpha value is -3.27. The van der Waals surface area contributed by atoms with Crippen molar-refractivity contribution < 1.29 is 14.4 Å².